The average molecular weight is 249 g/mol. The Morgan fingerprint density at radius 3 is 2.89 bits per heavy atom. The lowest BCUT2D eigenvalue weighted by molar-refractivity contribution is 0.0240. The maximum Gasteiger partial charge on any atom is 0.0810 e. The Hall–Kier alpha value is -0.900. The Morgan fingerprint density at radius 2 is 2.11 bits per heavy atom. The highest BCUT2D eigenvalue weighted by atomic mass is 16.5. The fraction of sp³-hybridized carbons (Fsp3) is 0.600. The van der Waals surface area contributed by atoms with Crippen LogP contribution >= 0.6 is 0 Å². The molecule has 0 bridgehead atoms. The van der Waals surface area contributed by atoms with Gasteiger partial charge in [-0.25, -0.2) is 0 Å². The van der Waals surface area contributed by atoms with Crippen molar-refractivity contribution < 1.29 is 9.47 Å². The van der Waals surface area contributed by atoms with Crippen LogP contribution in [0, 0.1) is 0 Å². The highest BCUT2D eigenvalue weighted by Gasteiger charge is 2.31. The van der Waals surface area contributed by atoms with Gasteiger partial charge in [0.15, 0.2) is 0 Å². The van der Waals surface area contributed by atoms with E-state index in [1.807, 2.05) is 0 Å². The molecule has 0 saturated heterocycles. The maximum absolute atomic E-state index is 6.01. The fourth-order valence-corrected chi connectivity index (χ4v) is 2.61. The van der Waals surface area contributed by atoms with E-state index in [1.54, 1.807) is 7.11 Å². The van der Waals surface area contributed by atoms with E-state index in [0.717, 1.165) is 32.6 Å². The molecule has 3 nitrogen and oxygen atoms in total. The normalized spacial score (nSPS) is 22.1. The SMILES string of the molecule is CCNC1c2ccccc2CC1OCCCOC. The van der Waals surface area contributed by atoms with Crippen LogP contribution in [-0.4, -0.2) is 33.0 Å². The Morgan fingerprint density at radius 1 is 1.28 bits per heavy atom. The Bertz CT molecular complexity index is 367. The van der Waals surface area contributed by atoms with Gasteiger partial charge in [-0.2, -0.15) is 0 Å². The molecule has 1 aromatic carbocycles. The molecular weight excluding hydrogens is 226 g/mol. The van der Waals surface area contributed by atoms with Gasteiger partial charge in [-0.1, -0.05) is 31.2 Å². The molecule has 0 radical (unpaired) electrons. The zero-order chi connectivity index (χ0) is 12.8. The molecule has 0 saturated carbocycles. The van der Waals surface area contributed by atoms with Crippen LogP contribution in [0.5, 0.6) is 0 Å². The third-order valence-corrected chi connectivity index (χ3v) is 3.43. The van der Waals surface area contributed by atoms with Crippen LogP contribution in [0.1, 0.15) is 30.5 Å². The number of hydrogen-bond donors (Lipinski definition) is 1. The molecule has 2 unspecified atom stereocenters. The predicted molar refractivity (Wildman–Crippen MR) is 72.8 cm³/mol. The summed E-state index contributed by atoms with van der Waals surface area (Å²) in [6, 6.07) is 8.97. The van der Waals surface area contributed by atoms with Gasteiger partial charge in [-0.15, -0.1) is 0 Å². The van der Waals surface area contributed by atoms with Gasteiger partial charge in [0.2, 0.25) is 0 Å². The smallest absolute Gasteiger partial charge is 0.0810 e. The first-order valence-corrected chi connectivity index (χ1v) is 6.78. The average Bonchev–Trinajstić information content (AvgIpc) is 2.74. The highest BCUT2D eigenvalue weighted by molar-refractivity contribution is 5.36. The molecule has 0 aromatic heterocycles. The zero-order valence-electron chi connectivity index (χ0n) is 11.3. The molecule has 1 aliphatic rings. The summed E-state index contributed by atoms with van der Waals surface area (Å²) in [7, 11) is 1.73. The minimum absolute atomic E-state index is 0.263. The standard InChI is InChI=1S/C15H23NO2/c1-3-16-15-13-8-5-4-7-12(13)11-14(15)18-10-6-9-17-2/h4-5,7-8,14-16H,3,6,9-11H2,1-2H3. The number of ether oxygens (including phenoxy) is 2. The zero-order valence-corrected chi connectivity index (χ0v) is 11.3. The van der Waals surface area contributed by atoms with E-state index in [2.05, 4.69) is 36.5 Å². The molecule has 0 heterocycles. The molecule has 2 rings (SSSR count). The number of rotatable bonds is 7. The second-order valence-corrected chi connectivity index (χ2v) is 4.69. The summed E-state index contributed by atoms with van der Waals surface area (Å²) < 4.78 is 11.1. The quantitative estimate of drug-likeness (QED) is 0.752. The van der Waals surface area contributed by atoms with Crippen molar-refractivity contribution in [2.45, 2.75) is 31.9 Å². The Kier molecular flexibility index (Phi) is 5.17. The van der Waals surface area contributed by atoms with Gasteiger partial charge in [-0.05, 0) is 24.1 Å². The molecule has 1 aliphatic carbocycles. The van der Waals surface area contributed by atoms with Crippen LogP contribution in [0.3, 0.4) is 0 Å². The summed E-state index contributed by atoms with van der Waals surface area (Å²) in [5.41, 5.74) is 2.82. The van der Waals surface area contributed by atoms with Gasteiger partial charge < -0.3 is 14.8 Å². The van der Waals surface area contributed by atoms with Gasteiger partial charge in [0.05, 0.1) is 12.1 Å². The lowest BCUT2D eigenvalue weighted by atomic mass is 10.1. The first-order chi connectivity index (χ1) is 8.86. The van der Waals surface area contributed by atoms with Crippen LogP contribution in [0.4, 0.5) is 0 Å². The third kappa shape index (κ3) is 3.10. The molecule has 100 valence electrons. The first kappa shape index (κ1) is 13.5. The van der Waals surface area contributed by atoms with E-state index < -0.39 is 0 Å². The summed E-state index contributed by atoms with van der Waals surface area (Å²) in [5, 5.41) is 3.54. The monoisotopic (exact) mass is 249 g/mol. The lowest BCUT2D eigenvalue weighted by Crippen LogP contribution is -2.31. The molecule has 18 heavy (non-hydrogen) atoms. The molecular formula is C15H23NO2. The van der Waals surface area contributed by atoms with Crippen molar-refractivity contribution in [1.82, 2.24) is 5.32 Å². The minimum Gasteiger partial charge on any atom is -0.385 e. The van der Waals surface area contributed by atoms with Gasteiger partial charge in [0.25, 0.3) is 0 Å². The molecule has 0 spiro atoms. The maximum atomic E-state index is 6.01. The van der Waals surface area contributed by atoms with Crippen molar-refractivity contribution in [3.05, 3.63) is 35.4 Å². The summed E-state index contributed by atoms with van der Waals surface area (Å²) in [6.07, 6.45) is 2.24. The van der Waals surface area contributed by atoms with E-state index in [-0.39, 0.29) is 6.10 Å². The van der Waals surface area contributed by atoms with Crippen LogP contribution in [0.25, 0.3) is 0 Å². The van der Waals surface area contributed by atoms with E-state index in [1.165, 1.54) is 11.1 Å². The molecule has 0 fully saturated rings. The van der Waals surface area contributed by atoms with Crippen molar-refractivity contribution in [3.8, 4) is 0 Å². The number of hydrogen-bond acceptors (Lipinski definition) is 3. The van der Waals surface area contributed by atoms with Crippen LogP contribution < -0.4 is 5.32 Å². The molecule has 1 aromatic rings. The van der Waals surface area contributed by atoms with E-state index in [0.29, 0.717) is 6.04 Å². The number of likely N-dealkylation sites (N-methyl/N-ethyl adjacent to an activating group) is 1. The van der Waals surface area contributed by atoms with Crippen LogP contribution in [0.2, 0.25) is 0 Å². The highest BCUT2D eigenvalue weighted by Crippen LogP contribution is 2.33. The second-order valence-electron chi connectivity index (χ2n) is 4.69. The largest absolute Gasteiger partial charge is 0.385 e. The molecule has 2 atom stereocenters. The Labute approximate surface area is 109 Å². The van der Waals surface area contributed by atoms with Gasteiger partial charge in [0, 0.05) is 26.7 Å². The van der Waals surface area contributed by atoms with Crippen molar-refractivity contribution in [1.29, 1.82) is 0 Å². The summed E-state index contributed by atoms with van der Waals surface area (Å²) in [5.74, 6) is 0. The number of methoxy groups -OCH3 is 1. The van der Waals surface area contributed by atoms with Crippen molar-refractivity contribution in [2.75, 3.05) is 26.9 Å². The van der Waals surface area contributed by atoms with E-state index in [4.69, 9.17) is 9.47 Å². The van der Waals surface area contributed by atoms with Crippen LogP contribution in [-0.2, 0) is 15.9 Å². The second kappa shape index (κ2) is 6.88. The molecule has 0 aliphatic heterocycles. The minimum atomic E-state index is 0.263. The van der Waals surface area contributed by atoms with Crippen molar-refractivity contribution in [2.24, 2.45) is 0 Å². The number of nitrogens with one attached hydrogen (secondary N) is 1. The van der Waals surface area contributed by atoms with Crippen molar-refractivity contribution >= 4 is 0 Å². The van der Waals surface area contributed by atoms with Gasteiger partial charge in [0.1, 0.15) is 0 Å². The molecule has 1 N–H and O–H groups in total. The van der Waals surface area contributed by atoms with Crippen molar-refractivity contribution in [3.63, 3.8) is 0 Å². The topological polar surface area (TPSA) is 30.5 Å². The summed E-state index contributed by atoms with van der Waals surface area (Å²) in [4.78, 5) is 0. The van der Waals surface area contributed by atoms with E-state index >= 15 is 0 Å². The summed E-state index contributed by atoms with van der Waals surface area (Å²) in [6.45, 7) is 4.65. The summed E-state index contributed by atoms with van der Waals surface area (Å²) >= 11 is 0. The fourth-order valence-electron chi connectivity index (χ4n) is 2.61. The van der Waals surface area contributed by atoms with E-state index in [9.17, 15) is 0 Å². The first-order valence-electron chi connectivity index (χ1n) is 6.78. The molecule has 0 amide bonds. The third-order valence-electron chi connectivity index (χ3n) is 3.43. The van der Waals surface area contributed by atoms with Gasteiger partial charge >= 0.3 is 0 Å². The number of fused-ring (bicyclic) bond motifs is 1. The van der Waals surface area contributed by atoms with Gasteiger partial charge in [-0.3, -0.25) is 0 Å². The predicted octanol–water partition coefficient (Wildman–Crippen LogP) is 2.32. The number of benzene rings is 1. The van der Waals surface area contributed by atoms with Crippen LogP contribution in [0.15, 0.2) is 24.3 Å². The lowest BCUT2D eigenvalue weighted by Gasteiger charge is -2.21. The molecule has 3 heteroatoms. The Balaban J connectivity index is 1.95.